The topological polar surface area (TPSA) is 62.7 Å². The summed E-state index contributed by atoms with van der Waals surface area (Å²) >= 11 is 3.37. The minimum Gasteiger partial charge on any atom is -0.488 e. The molecule has 0 spiro atoms. The van der Waals surface area contributed by atoms with E-state index in [1.54, 1.807) is 6.20 Å². The summed E-state index contributed by atoms with van der Waals surface area (Å²) in [5.41, 5.74) is 1.19. The zero-order valence-electron chi connectivity index (χ0n) is 10.4. The Balaban J connectivity index is 1.63. The summed E-state index contributed by atoms with van der Waals surface area (Å²) in [6.07, 6.45) is 3.75. The molecule has 1 amide bonds. The molecule has 5 nitrogen and oxygen atoms in total. The fraction of sp³-hybridized carbons (Fsp3) is 0.538. The number of likely N-dealkylation sites (tertiary alicyclic amines) is 1. The second-order valence-corrected chi connectivity index (χ2v) is 5.89. The van der Waals surface area contributed by atoms with Gasteiger partial charge in [-0.2, -0.15) is 0 Å². The predicted octanol–water partition coefficient (Wildman–Crippen LogP) is 2.54. The maximum atomic E-state index is 10.9. The number of halogens is 1. The number of hydrogen-bond donors (Lipinski definition) is 1. The molecule has 6 heteroatoms. The lowest BCUT2D eigenvalue weighted by molar-refractivity contribution is 0.0834. The molecule has 1 fully saturated rings. The maximum absolute atomic E-state index is 10.9. The molecule has 3 heterocycles. The zero-order valence-corrected chi connectivity index (χ0v) is 12.0. The summed E-state index contributed by atoms with van der Waals surface area (Å²) in [7, 11) is 0. The number of fused-ring (bicyclic) bond motifs is 1. The van der Waals surface area contributed by atoms with Crippen molar-refractivity contribution in [1.29, 1.82) is 0 Å². The maximum Gasteiger partial charge on any atom is 0.407 e. The van der Waals surface area contributed by atoms with Crippen LogP contribution in [0.4, 0.5) is 4.79 Å². The summed E-state index contributed by atoms with van der Waals surface area (Å²) in [4.78, 5) is 16.5. The van der Waals surface area contributed by atoms with Gasteiger partial charge in [0.1, 0.15) is 16.5 Å². The van der Waals surface area contributed by atoms with E-state index >= 15 is 0 Å². The Bertz CT molecular complexity index is 501. The highest BCUT2D eigenvalue weighted by molar-refractivity contribution is 9.10. The van der Waals surface area contributed by atoms with Crippen LogP contribution < -0.4 is 4.74 Å². The first-order valence-electron chi connectivity index (χ1n) is 6.42. The van der Waals surface area contributed by atoms with E-state index in [9.17, 15) is 4.79 Å². The van der Waals surface area contributed by atoms with Crippen molar-refractivity contribution in [2.75, 3.05) is 13.1 Å². The van der Waals surface area contributed by atoms with Crippen LogP contribution in [0.5, 0.6) is 5.75 Å². The van der Waals surface area contributed by atoms with Crippen molar-refractivity contribution in [1.82, 2.24) is 9.88 Å². The van der Waals surface area contributed by atoms with Crippen molar-refractivity contribution >= 4 is 22.0 Å². The molecule has 2 aliphatic rings. The van der Waals surface area contributed by atoms with E-state index in [2.05, 4.69) is 20.9 Å². The van der Waals surface area contributed by atoms with Crippen LogP contribution in [0.2, 0.25) is 0 Å². The summed E-state index contributed by atoms with van der Waals surface area (Å²) in [5, 5.41) is 8.94. The Morgan fingerprint density at radius 3 is 2.89 bits per heavy atom. The number of carboxylic acid groups (broad SMARTS) is 1. The number of pyridine rings is 1. The third-order valence-electron chi connectivity index (χ3n) is 3.95. The molecule has 1 N–H and O–H groups in total. The molecule has 1 aromatic rings. The van der Waals surface area contributed by atoms with Crippen molar-refractivity contribution in [3.8, 4) is 5.75 Å². The number of piperidine rings is 1. The Morgan fingerprint density at radius 2 is 2.21 bits per heavy atom. The van der Waals surface area contributed by atoms with Gasteiger partial charge in [0.05, 0.1) is 6.20 Å². The normalized spacial score (nSPS) is 23.0. The van der Waals surface area contributed by atoms with E-state index < -0.39 is 6.09 Å². The first-order chi connectivity index (χ1) is 9.13. The second kappa shape index (κ2) is 5.00. The lowest BCUT2D eigenvalue weighted by atomic mass is 9.89. The Hall–Kier alpha value is -1.30. The molecule has 1 aromatic heterocycles. The van der Waals surface area contributed by atoms with Gasteiger partial charge in [0.25, 0.3) is 0 Å². The largest absolute Gasteiger partial charge is 0.488 e. The average Bonchev–Trinajstić information content (AvgIpc) is 2.81. The average molecular weight is 327 g/mol. The van der Waals surface area contributed by atoms with Gasteiger partial charge < -0.3 is 14.7 Å². The van der Waals surface area contributed by atoms with E-state index in [0.717, 1.165) is 29.6 Å². The first kappa shape index (κ1) is 12.7. The van der Waals surface area contributed by atoms with Crippen molar-refractivity contribution < 1.29 is 14.6 Å². The van der Waals surface area contributed by atoms with Crippen LogP contribution >= 0.6 is 15.9 Å². The van der Waals surface area contributed by atoms with Crippen molar-refractivity contribution in [2.45, 2.75) is 25.4 Å². The highest BCUT2D eigenvalue weighted by atomic mass is 79.9. The molecule has 0 aliphatic carbocycles. The van der Waals surface area contributed by atoms with E-state index in [1.807, 2.05) is 6.07 Å². The van der Waals surface area contributed by atoms with Gasteiger partial charge in [0, 0.05) is 25.1 Å². The quantitative estimate of drug-likeness (QED) is 0.805. The predicted molar refractivity (Wildman–Crippen MR) is 72.4 cm³/mol. The molecule has 0 saturated carbocycles. The second-order valence-electron chi connectivity index (χ2n) is 5.08. The Kier molecular flexibility index (Phi) is 3.35. The number of aromatic nitrogens is 1. The fourth-order valence-electron chi connectivity index (χ4n) is 2.87. The number of amides is 1. The number of nitrogens with zero attached hydrogens (tertiary/aromatic N) is 2. The van der Waals surface area contributed by atoms with Crippen LogP contribution in [0.1, 0.15) is 18.4 Å². The Labute approximate surface area is 119 Å². The highest BCUT2D eigenvalue weighted by Gasteiger charge is 2.34. The van der Waals surface area contributed by atoms with E-state index in [-0.39, 0.29) is 6.10 Å². The van der Waals surface area contributed by atoms with Crippen molar-refractivity contribution in [2.24, 2.45) is 5.92 Å². The molecule has 0 aromatic carbocycles. The minimum absolute atomic E-state index is 0.169. The SMILES string of the molecule is O=C(O)N1CCC(C2Cc3cc(Br)ncc3O2)CC1. The number of hydrogen-bond acceptors (Lipinski definition) is 3. The van der Waals surface area contributed by atoms with Gasteiger partial charge in [-0.15, -0.1) is 0 Å². The monoisotopic (exact) mass is 326 g/mol. The first-order valence-corrected chi connectivity index (χ1v) is 7.22. The molecular formula is C13H15BrN2O3. The molecule has 0 bridgehead atoms. The van der Waals surface area contributed by atoms with Gasteiger partial charge in [0.2, 0.25) is 0 Å². The minimum atomic E-state index is -0.817. The van der Waals surface area contributed by atoms with Crippen molar-refractivity contribution in [3.05, 3.63) is 22.4 Å². The van der Waals surface area contributed by atoms with Gasteiger partial charge in [-0.1, -0.05) is 0 Å². The third-order valence-corrected chi connectivity index (χ3v) is 4.38. The zero-order chi connectivity index (χ0) is 13.4. The van der Waals surface area contributed by atoms with Crippen molar-refractivity contribution in [3.63, 3.8) is 0 Å². The molecule has 3 rings (SSSR count). The van der Waals surface area contributed by atoms with Crippen LogP contribution in [-0.4, -0.2) is 40.3 Å². The molecule has 1 atom stereocenters. The van der Waals surface area contributed by atoms with Gasteiger partial charge in [0.15, 0.2) is 0 Å². The molecule has 1 saturated heterocycles. The van der Waals surface area contributed by atoms with Crippen LogP contribution in [0.25, 0.3) is 0 Å². The Morgan fingerprint density at radius 1 is 1.47 bits per heavy atom. The molecular weight excluding hydrogens is 312 g/mol. The molecule has 102 valence electrons. The number of ether oxygens (including phenoxy) is 1. The third kappa shape index (κ3) is 2.54. The van der Waals surface area contributed by atoms with E-state index in [4.69, 9.17) is 9.84 Å². The van der Waals surface area contributed by atoms with Gasteiger partial charge >= 0.3 is 6.09 Å². The fourth-order valence-corrected chi connectivity index (χ4v) is 3.25. The van der Waals surface area contributed by atoms with Crippen LogP contribution in [0.3, 0.4) is 0 Å². The summed E-state index contributed by atoms with van der Waals surface area (Å²) < 4.78 is 6.78. The molecule has 1 unspecified atom stereocenters. The van der Waals surface area contributed by atoms with Crippen LogP contribution in [0.15, 0.2) is 16.9 Å². The van der Waals surface area contributed by atoms with Gasteiger partial charge in [-0.3, -0.25) is 0 Å². The molecule has 19 heavy (non-hydrogen) atoms. The lowest BCUT2D eigenvalue weighted by Gasteiger charge is -2.32. The number of carbonyl (C=O) groups is 1. The molecule has 0 radical (unpaired) electrons. The summed E-state index contributed by atoms with van der Waals surface area (Å²) in [6.45, 7) is 1.22. The smallest absolute Gasteiger partial charge is 0.407 e. The van der Waals surface area contributed by atoms with Gasteiger partial charge in [-0.05, 0) is 40.8 Å². The summed E-state index contributed by atoms with van der Waals surface area (Å²) in [5.74, 6) is 1.30. The summed E-state index contributed by atoms with van der Waals surface area (Å²) in [6, 6.07) is 2.00. The van der Waals surface area contributed by atoms with E-state index in [0.29, 0.717) is 19.0 Å². The number of rotatable bonds is 1. The van der Waals surface area contributed by atoms with Gasteiger partial charge in [-0.25, -0.2) is 9.78 Å². The molecule has 2 aliphatic heterocycles. The lowest BCUT2D eigenvalue weighted by Crippen LogP contribution is -2.41. The highest BCUT2D eigenvalue weighted by Crippen LogP contribution is 2.35. The van der Waals surface area contributed by atoms with E-state index in [1.165, 1.54) is 10.5 Å². The van der Waals surface area contributed by atoms with Crippen LogP contribution in [-0.2, 0) is 6.42 Å². The van der Waals surface area contributed by atoms with Crippen LogP contribution in [0, 0.1) is 5.92 Å². The standard InChI is InChI=1S/C13H15BrN2O3/c14-12-6-9-5-10(19-11(9)7-15-12)8-1-3-16(4-2-8)13(17)18/h6-8,10H,1-5H2,(H,17,18).